The van der Waals surface area contributed by atoms with Gasteiger partial charge in [0.15, 0.2) is 0 Å². The molecule has 1 aliphatic heterocycles. The van der Waals surface area contributed by atoms with Crippen molar-refractivity contribution in [2.24, 2.45) is 5.10 Å². The molecule has 0 unspecified atom stereocenters. The maximum atomic E-state index is 13.1. The molecular weight excluding hydrogens is 345 g/mol. The molecule has 6 heteroatoms. The van der Waals surface area contributed by atoms with Crippen LogP contribution in [-0.2, 0) is 16.1 Å². The minimum atomic E-state index is -0.345. The lowest BCUT2D eigenvalue weighted by molar-refractivity contribution is -0.124. The summed E-state index contributed by atoms with van der Waals surface area (Å²) < 4.78 is 13.1. The molecular formula is C21H18FN3O2. The van der Waals surface area contributed by atoms with Crippen LogP contribution in [0.2, 0.25) is 0 Å². The maximum absolute atomic E-state index is 13.1. The molecule has 1 aliphatic rings. The summed E-state index contributed by atoms with van der Waals surface area (Å²) in [4.78, 5) is 26.6. The third kappa shape index (κ3) is 4.39. The van der Waals surface area contributed by atoms with Crippen molar-refractivity contribution in [1.29, 1.82) is 0 Å². The molecule has 2 aromatic carbocycles. The zero-order chi connectivity index (χ0) is 19.2. The van der Waals surface area contributed by atoms with Crippen molar-refractivity contribution in [2.75, 3.05) is 11.6 Å². The van der Waals surface area contributed by atoms with E-state index in [4.69, 9.17) is 6.42 Å². The predicted molar refractivity (Wildman–Crippen MR) is 101 cm³/mol. The highest BCUT2D eigenvalue weighted by molar-refractivity contribution is 6.40. The summed E-state index contributed by atoms with van der Waals surface area (Å²) in [6.45, 7) is 0.329. The van der Waals surface area contributed by atoms with Crippen LogP contribution in [0.15, 0.2) is 59.7 Å². The van der Waals surface area contributed by atoms with Crippen molar-refractivity contribution >= 4 is 23.2 Å². The van der Waals surface area contributed by atoms with Crippen LogP contribution in [0.5, 0.6) is 0 Å². The molecule has 1 heterocycles. The molecule has 0 spiro atoms. The van der Waals surface area contributed by atoms with Gasteiger partial charge in [-0.25, -0.2) is 9.40 Å². The van der Waals surface area contributed by atoms with Gasteiger partial charge >= 0.3 is 0 Å². The lowest BCUT2D eigenvalue weighted by Crippen LogP contribution is -2.41. The van der Waals surface area contributed by atoms with Gasteiger partial charge in [0.05, 0.1) is 12.2 Å². The Morgan fingerprint density at radius 2 is 1.85 bits per heavy atom. The number of nitrogens with zero attached hydrogens (tertiary/aromatic N) is 3. The number of hydrazone groups is 1. The van der Waals surface area contributed by atoms with Gasteiger partial charge in [-0.2, -0.15) is 5.10 Å². The Labute approximate surface area is 157 Å². The van der Waals surface area contributed by atoms with Gasteiger partial charge in [0.1, 0.15) is 11.5 Å². The zero-order valence-corrected chi connectivity index (χ0v) is 14.6. The van der Waals surface area contributed by atoms with Gasteiger partial charge in [0.25, 0.3) is 5.91 Å². The minimum absolute atomic E-state index is 0.0918. The summed E-state index contributed by atoms with van der Waals surface area (Å²) in [5.74, 6) is 1.63. The number of anilines is 1. The molecule has 136 valence electrons. The number of hydrogen-bond donors (Lipinski definition) is 0. The van der Waals surface area contributed by atoms with Crippen LogP contribution in [0, 0.1) is 18.2 Å². The second kappa shape index (κ2) is 8.28. The lowest BCUT2D eigenvalue weighted by atomic mass is 10.1. The van der Waals surface area contributed by atoms with Crippen molar-refractivity contribution in [3.05, 3.63) is 66.0 Å². The van der Waals surface area contributed by atoms with E-state index in [-0.39, 0.29) is 49.3 Å². The van der Waals surface area contributed by atoms with E-state index >= 15 is 0 Å². The Balaban J connectivity index is 1.83. The van der Waals surface area contributed by atoms with Gasteiger partial charge in [-0.3, -0.25) is 9.59 Å². The standard InChI is InChI=1S/C21H18FN3O2/c1-2-14-24(15-16-8-10-17(22)11-9-16)21(27)19-12-13-20(26)25(23-19)18-6-4-3-5-7-18/h1,3-11H,12-15H2. The topological polar surface area (TPSA) is 53.0 Å². The van der Waals surface area contributed by atoms with Crippen molar-refractivity contribution in [2.45, 2.75) is 19.4 Å². The summed E-state index contributed by atoms with van der Waals surface area (Å²) in [5, 5.41) is 5.53. The second-order valence-corrected chi connectivity index (χ2v) is 6.08. The summed E-state index contributed by atoms with van der Waals surface area (Å²) in [6.07, 6.45) is 5.86. The first-order valence-electron chi connectivity index (χ1n) is 8.51. The van der Waals surface area contributed by atoms with E-state index in [1.807, 2.05) is 6.07 Å². The van der Waals surface area contributed by atoms with Gasteiger partial charge in [-0.1, -0.05) is 36.3 Å². The Bertz CT molecular complexity index is 901. The lowest BCUT2D eigenvalue weighted by Gasteiger charge is -2.26. The average molecular weight is 363 g/mol. The number of carbonyl (C=O) groups is 2. The van der Waals surface area contributed by atoms with E-state index < -0.39 is 0 Å². The summed E-state index contributed by atoms with van der Waals surface area (Å²) in [5.41, 5.74) is 1.64. The van der Waals surface area contributed by atoms with Crippen molar-refractivity contribution < 1.29 is 14.0 Å². The second-order valence-electron chi connectivity index (χ2n) is 6.08. The first kappa shape index (κ1) is 18.3. The Hall–Kier alpha value is -3.46. The quantitative estimate of drug-likeness (QED) is 0.767. The fraction of sp³-hybridized carbons (Fsp3) is 0.190. The smallest absolute Gasteiger partial charge is 0.271 e. The number of carbonyl (C=O) groups excluding carboxylic acids is 2. The molecule has 27 heavy (non-hydrogen) atoms. The molecule has 0 atom stereocenters. The number of rotatable bonds is 5. The van der Waals surface area contributed by atoms with Gasteiger partial charge in [0, 0.05) is 19.4 Å². The SMILES string of the molecule is C#CCN(Cc1ccc(F)cc1)C(=O)C1=NN(c2ccccc2)C(=O)CC1. The Morgan fingerprint density at radius 3 is 2.52 bits per heavy atom. The van der Waals surface area contributed by atoms with E-state index in [2.05, 4.69) is 11.0 Å². The number of benzene rings is 2. The molecule has 2 amide bonds. The van der Waals surface area contributed by atoms with E-state index in [1.54, 1.807) is 36.4 Å². The van der Waals surface area contributed by atoms with Crippen LogP contribution in [0.1, 0.15) is 18.4 Å². The van der Waals surface area contributed by atoms with E-state index in [0.717, 1.165) is 5.56 Å². The van der Waals surface area contributed by atoms with Crippen LogP contribution >= 0.6 is 0 Å². The number of halogens is 1. The van der Waals surface area contributed by atoms with Gasteiger partial charge < -0.3 is 4.90 Å². The molecule has 0 fully saturated rings. The highest BCUT2D eigenvalue weighted by Gasteiger charge is 2.28. The Kier molecular flexibility index (Phi) is 5.62. The number of amides is 2. The molecule has 0 radical (unpaired) electrons. The Morgan fingerprint density at radius 1 is 1.15 bits per heavy atom. The number of terminal acetylenes is 1. The molecule has 3 rings (SSSR count). The summed E-state index contributed by atoms with van der Waals surface area (Å²) >= 11 is 0. The minimum Gasteiger partial charge on any atom is -0.322 e. The highest BCUT2D eigenvalue weighted by Crippen LogP contribution is 2.20. The monoisotopic (exact) mass is 363 g/mol. The van der Waals surface area contributed by atoms with E-state index in [1.165, 1.54) is 22.0 Å². The van der Waals surface area contributed by atoms with Crippen molar-refractivity contribution in [3.63, 3.8) is 0 Å². The van der Waals surface area contributed by atoms with Crippen molar-refractivity contribution in [1.82, 2.24) is 4.90 Å². The zero-order valence-electron chi connectivity index (χ0n) is 14.6. The molecule has 2 aromatic rings. The molecule has 5 nitrogen and oxygen atoms in total. The number of para-hydroxylation sites is 1. The fourth-order valence-electron chi connectivity index (χ4n) is 2.78. The van der Waals surface area contributed by atoms with Crippen LogP contribution in [0.25, 0.3) is 0 Å². The van der Waals surface area contributed by atoms with Gasteiger partial charge in [-0.05, 0) is 29.8 Å². The molecule has 0 aromatic heterocycles. The molecule has 0 saturated heterocycles. The summed E-state index contributed by atoms with van der Waals surface area (Å²) in [6, 6.07) is 14.8. The first-order valence-corrected chi connectivity index (χ1v) is 8.51. The largest absolute Gasteiger partial charge is 0.322 e. The maximum Gasteiger partial charge on any atom is 0.271 e. The van der Waals surface area contributed by atoms with Crippen LogP contribution in [0.3, 0.4) is 0 Å². The fourth-order valence-corrected chi connectivity index (χ4v) is 2.78. The number of hydrogen-bond acceptors (Lipinski definition) is 3. The van der Waals surface area contributed by atoms with Crippen LogP contribution in [0.4, 0.5) is 10.1 Å². The highest BCUT2D eigenvalue weighted by atomic mass is 19.1. The van der Waals surface area contributed by atoms with Crippen LogP contribution in [-0.4, -0.2) is 29.0 Å². The molecule has 0 saturated carbocycles. The predicted octanol–water partition coefficient (Wildman–Crippen LogP) is 2.97. The molecule has 0 N–H and O–H groups in total. The summed E-state index contributed by atoms with van der Waals surface area (Å²) in [7, 11) is 0. The molecule has 0 aliphatic carbocycles. The third-order valence-corrected chi connectivity index (χ3v) is 4.14. The molecule has 0 bridgehead atoms. The van der Waals surface area contributed by atoms with Gasteiger partial charge in [-0.15, -0.1) is 6.42 Å². The van der Waals surface area contributed by atoms with Gasteiger partial charge in [0.2, 0.25) is 5.91 Å². The first-order chi connectivity index (χ1) is 13.1. The van der Waals surface area contributed by atoms with E-state index in [0.29, 0.717) is 5.69 Å². The van der Waals surface area contributed by atoms with E-state index in [9.17, 15) is 14.0 Å². The van der Waals surface area contributed by atoms with Crippen molar-refractivity contribution in [3.8, 4) is 12.3 Å². The average Bonchev–Trinajstić information content (AvgIpc) is 2.70. The van der Waals surface area contributed by atoms with Crippen LogP contribution < -0.4 is 5.01 Å². The third-order valence-electron chi connectivity index (χ3n) is 4.14. The normalized spacial score (nSPS) is 13.7.